The third-order valence-corrected chi connectivity index (χ3v) is 8.24. The van der Waals surface area contributed by atoms with Crippen LogP contribution in [0.4, 0.5) is 5.69 Å². The van der Waals surface area contributed by atoms with Crippen LogP contribution in [-0.4, -0.2) is 28.1 Å². The number of carbonyl (C=O) groups is 2. The van der Waals surface area contributed by atoms with Crippen molar-refractivity contribution in [2.45, 2.75) is 19.8 Å². The number of hydrogen-bond acceptors (Lipinski definition) is 3. The maximum Gasteiger partial charge on any atom is 0.256 e. The molecular weight excluding hydrogens is 480 g/mol. The average molecular weight is 504 g/mol. The highest BCUT2D eigenvalue weighted by Crippen LogP contribution is 2.71. The van der Waals surface area contributed by atoms with Gasteiger partial charge in [-0.3, -0.25) is 14.3 Å². The molecule has 4 atom stereocenters. The number of carbonyl (C=O) groups excluding carboxylic acids is 2. The molecule has 2 saturated carbocycles. The molecule has 0 aliphatic heterocycles. The van der Waals surface area contributed by atoms with Crippen LogP contribution in [0, 0.1) is 36.0 Å². The molecule has 0 saturated heterocycles. The highest BCUT2D eigenvalue weighted by atomic mass is 79.9. The van der Waals surface area contributed by atoms with E-state index in [1.165, 1.54) is 4.68 Å². The van der Waals surface area contributed by atoms with Gasteiger partial charge in [-0.25, -0.2) is 0 Å². The van der Waals surface area contributed by atoms with E-state index < -0.39 is 0 Å². The summed E-state index contributed by atoms with van der Waals surface area (Å²) in [6.45, 7) is 2.21. The molecule has 162 valence electrons. The summed E-state index contributed by atoms with van der Waals surface area (Å²) >= 11 is 9.69. The summed E-state index contributed by atoms with van der Waals surface area (Å²) in [5.41, 5.74) is 1.99. The lowest BCUT2D eigenvalue weighted by molar-refractivity contribution is -0.122. The molecule has 2 amide bonds. The van der Waals surface area contributed by atoms with E-state index in [-0.39, 0.29) is 35.0 Å². The van der Waals surface area contributed by atoms with Crippen LogP contribution >= 0.6 is 27.5 Å². The Morgan fingerprint density at radius 2 is 1.90 bits per heavy atom. The molecule has 1 aromatic heterocycles. The van der Waals surface area contributed by atoms with E-state index in [0.717, 1.165) is 23.0 Å². The minimum Gasteiger partial charge on any atom is -0.352 e. The SMILES string of the molecule is Cc1nn(C)c(Cl)c1C(=O)NC[C@H]1[C@H](C(=O)Nc2ccc(Br)cc2)[C@H]2C=C[C@H]1C21CC1. The zero-order chi connectivity index (χ0) is 21.9. The van der Waals surface area contributed by atoms with Crippen LogP contribution in [0.3, 0.4) is 0 Å². The van der Waals surface area contributed by atoms with Crippen molar-refractivity contribution in [3.8, 4) is 0 Å². The molecular formula is C23H24BrClN4O2. The molecule has 2 fully saturated rings. The van der Waals surface area contributed by atoms with E-state index in [4.69, 9.17) is 11.6 Å². The molecule has 8 heteroatoms. The van der Waals surface area contributed by atoms with Crippen molar-refractivity contribution in [1.29, 1.82) is 0 Å². The van der Waals surface area contributed by atoms with Crippen molar-refractivity contribution in [3.63, 3.8) is 0 Å². The normalized spacial score (nSPS) is 27.0. The van der Waals surface area contributed by atoms with Gasteiger partial charge in [0.2, 0.25) is 5.91 Å². The van der Waals surface area contributed by atoms with Crippen LogP contribution < -0.4 is 10.6 Å². The van der Waals surface area contributed by atoms with Crippen LogP contribution in [0.25, 0.3) is 0 Å². The lowest BCUT2D eigenvalue weighted by Gasteiger charge is -2.27. The number of benzene rings is 1. The summed E-state index contributed by atoms with van der Waals surface area (Å²) in [6.07, 6.45) is 6.79. The standard InChI is InChI=1S/C23H24BrClN4O2/c1-12-18(20(25)29(2)28-12)21(30)26-11-15-16-7-8-17(23(16)9-10-23)19(15)22(31)27-14-5-3-13(24)4-6-14/h3-8,15-17,19H,9-11H2,1-2H3,(H,26,30)(H,27,31)/t15-,16-,17-,19+/m1/s1. The lowest BCUT2D eigenvalue weighted by atomic mass is 9.82. The average Bonchev–Trinajstić information content (AvgIpc) is 3.32. The lowest BCUT2D eigenvalue weighted by Crippen LogP contribution is -2.39. The van der Waals surface area contributed by atoms with E-state index in [0.29, 0.717) is 28.9 Å². The van der Waals surface area contributed by atoms with Crippen LogP contribution in [0.2, 0.25) is 5.15 Å². The van der Waals surface area contributed by atoms with Crippen molar-refractivity contribution >= 4 is 45.0 Å². The van der Waals surface area contributed by atoms with Gasteiger partial charge in [-0.1, -0.05) is 39.7 Å². The number of aromatic nitrogens is 2. The van der Waals surface area contributed by atoms with Crippen molar-refractivity contribution in [1.82, 2.24) is 15.1 Å². The first-order chi connectivity index (χ1) is 14.8. The molecule has 3 aliphatic carbocycles. The van der Waals surface area contributed by atoms with Crippen LogP contribution in [-0.2, 0) is 11.8 Å². The Hall–Kier alpha value is -2.12. The third kappa shape index (κ3) is 3.33. The molecule has 2 bridgehead atoms. The fraction of sp³-hybridized carbons (Fsp3) is 0.435. The second-order valence-corrected chi connectivity index (χ2v) is 10.2. The summed E-state index contributed by atoms with van der Waals surface area (Å²) in [4.78, 5) is 26.2. The monoisotopic (exact) mass is 502 g/mol. The van der Waals surface area contributed by atoms with Crippen LogP contribution in [0.5, 0.6) is 0 Å². The number of amides is 2. The topological polar surface area (TPSA) is 76.0 Å². The molecule has 1 heterocycles. The first kappa shape index (κ1) is 20.8. The molecule has 5 rings (SSSR count). The summed E-state index contributed by atoms with van der Waals surface area (Å²) in [7, 11) is 1.71. The van der Waals surface area contributed by atoms with Gasteiger partial charge in [0, 0.05) is 23.8 Å². The molecule has 1 aromatic carbocycles. The van der Waals surface area contributed by atoms with Gasteiger partial charge in [-0.2, -0.15) is 5.10 Å². The summed E-state index contributed by atoms with van der Waals surface area (Å²) in [5, 5.41) is 10.7. The van der Waals surface area contributed by atoms with Gasteiger partial charge < -0.3 is 10.6 Å². The Balaban J connectivity index is 1.35. The second-order valence-electron chi connectivity index (χ2n) is 8.94. The van der Waals surface area contributed by atoms with Crippen LogP contribution in [0.1, 0.15) is 28.9 Å². The van der Waals surface area contributed by atoms with E-state index in [1.807, 2.05) is 24.3 Å². The van der Waals surface area contributed by atoms with Crippen molar-refractivity contribution in [2.24, 2.45) is 36.1 Å². The van der Waals surface area contributed by atoms with Gasteiger partial charge in [0.25, 0.3) is 5.91 Å². The molecule has 2 aromatic rings. The van der Waals surface area contributed by atoms with Crippen molar-refractivity contribution in [3.05, 3.63) is 57.3 Å². The Labute approximate surface area is 194 Å². The van der Waals surface area contributed by atoms with Gasteiger partial charge in [0.05, 0.1) is 17.2 Å². The highest BCUT2D eigenvalue weighted by molar-refractivity contribution is 9.10. The largest absolute Gasteiger partial charge is 0.352 e. The number of aryl methyl sites for hydroxylation is 2. The fourth-order valence-electron chi connectivity index (χ4n) is 5.75. The smallest absolute Gasteiger partial charge is 0.256 e. The van der Waals surface area contributed by atoms with Gasteiger partial charge in [0.15, 0.2) is 0 Å². The zero-order valence-electron chi connectivity index (χ0n) is 17.4. The number of nitrogens with one attached hydrogen (secondary N) is 2. The summed E-state index contributed by atoms with van der Waals surface area (Å²) in [5.74, 6) is 0.252. The van der Waals surface area contributed by atoms with E-state index in [2.05, 4.69) is 43.8 Å². The summed E-state index contributed by atoms with van der Waals surface area (Å²) < 4.78 is 2.47. The first-order valence-electron chi connectivity index (χ1n) is 10.5. The number of anilines is 1. The molecule has 0 radical (unpaired) electrons. The highest BCUT2D eigenvalue weighted by Gasteiger charge is 2.68. The van der Waals surface area contributed by atoms with Gasteiger partial charge in [-0.15, -0.1) is 0 Å². The number of rotatable bonds is 5. The van der Waals surface area contributed by atoms with E-state index in [9.17, 15) is 9.59 Å². The molecule has 6 nitrogen and oxygen atoms in total. The first-order valence-corrected chi connectivity index (χ1v) is 11.7. The number of hydrogen-bond donors (Lipinski definition) is 2. The number of allylic oxidation sites excluding steroid dienone is 2. The van der Waals surface area contributed by atoms with Crippen molar-refractivity contribution < 1.29 is 9.59 Å². The van der Waals surface area contributed by atoms with Crippen molar-refractivity contribution in [2.75, 3.05) is 11.9 Å². The van der Waals surface area contributed by atoms with Gasteiger partial charge >= 0.3 is 0 Å². The maximum atomic E-state index is 13.3. The van der Waals surface area contributed by atoms with Gasteiger partial charge in [-0.05, 0) is 67.2 Å². The third-order valence-electron chi connectivity index (χ3n) is 7.28. The van der Waals surface area contributed by atoms with E-state index >= 15 is 0 Å². The molecule has 0 unspecified atom stereocenters. The Bertz CT molecular complexity index is 1090. The quantitative estimate of drug-likeness (QED) is 0.596. The predicted octanol–water partition coefficient (Wildman–Crippen LogP) is 4.34. The molecule has 2 N–H and O–H groups in total. The maximum absolute atomic E-state index is 13.3. The number of halogens is 2. The summed E-state index contributed by atoms with van der Waals surface area (Å²) in [6, 6.07) is 7.61. The van der Waals surface area contributed by atoms with E-state index in [1.54, 1.807) is 14.0 Å². The molecule has 1 spiro atoms. The Morgan fingerprint density at radius 1 is 1.23 bits per heavy atom. The minimum absolute atomic E-state index is 0.0280. The Morgan fingerprint density at radius 3 is 2.52 bits per heavy atom. The molecule has 31 heavy (non-hydrogen) atoms. The second kappa shape index (κ2) is 7.48. The minimum atomic E-state index is -0.237. The van der Waals surface area contributed by atoms with Crippen LogP contribution in [0.15, 0.2) is 40.9 Å². The molecule has 3 aliphatic rings. The predicted molar refractivity (Wildman–Crippen MR) is 123 cm³/mol. The fourth-order valence-corrected chi connectivity index (χ4v) is 6.27. The zero-order valence-corrected chi connectivity index (χ0v) is 19.7. The number of nitrogens with zero attached hydrogens (tertiary/aromatic N) is 2. The van der Waals surface area contributed by atoms with Gasteiger partial charge in [0.1, 0.15) is 5.15 Å². The Kier molecular flexibility index (Phi) is 5.01.